The average Bonchev–Trinajstić information content (AvgIpc) is 3.17. The summed E-state index contributed by atoms with van der Waals surface area (Å²) >= 11 is 0. The summed E-state index contributed by atoms with van der Waals surface area (Å²) in [5.41, 5.74) is 4.56. The highest BCUT2D eigenvalue weighted by atomic mass is 16.2. The van der Waals surface area contributed by atoms with Crippen molar-refractivity contribution in [1.29, 1.82) is 0 Å². The van der Waals surface area contributed by atoms with E-state index in [1.165, 1.54) is 5.56 Å². The van der Waals surface area contributed by atoms with Crippen molar-refractivity contribution in [3.8, 4) is 0 Å². The Kier molecular flexibility index (Phi) is 4.59. The zero-order valence-electron chi connectivity index (χ0n) is 15.2. The van der Waals surface area contributed by atoms with E-state index in [4.69, 9.17) is 0 Å². The molecule has 1 aliphatic heterocycles. The second-order valence-electron chi connectivity index (χ2n) is 6.82. The van der Waals surface area contributed by atoms with Gasteiger partial charge in [0.15, 0.2) is 0 Å². The molecule has 0 aromatic heterocycles. The Bertz CT molecular complexity index is 1070. The molecule has 4 rings (SSSR count). The predicted octanol–water partition coefficient (Wildman–Crippen LogP) is 4.37. The Labute approximate surface area is 157 Å². The summed E-state index contributed by atoms with van der Waals surface area (Å²) in [6, 6.07) is 13.7. The van der Waals surface area contributed by atoms with Gasteiger partial charge >= 0.3 is 0 Å². The van der Waals surface area contributed by atoms with Crippen LogP contribution in [0.5, 0.6) is 0 Å². The molecular weight excluding hydrogens is 338 g/mol. The quantitative estimate of drug-likeness (QED) is 0.615. The van der Waals surface area contributed by atoms with Crippen LogP contribution in [0.3, 0.4) is 0 Å². The lowest BCUT2D eigenvalue weighted by molar-refractivity contribution is 0.795. The second-order valence-corrected chi connectivity index (χ2v) is 6.82. The van der Waals surface area contributed by atoms with Gasteiger partial charge in [-0.25, -0.2) is 0 Å². The molecule has 0 saturated heterocycles. The Morgan fingerprint density at radius 2 is 1.59 bits per heavy atom. The lowest BCUT2D eigenvalue weighted by Gasteiger charge is -2.15. The fourth-order valence-corrected chi connectivity index (χ4v) is 3.25. The van der Waals surface area contributed by atoms with E-state index >= 15 is 0 Å². The topological polar surface area (TPSA) is 70.6 Å². The molecule has 0 fully saturated rings. The standard InChI is InChI=1S/C22H21N3O2/c1-2-3-4-14-5-7-16(8-6-14)24-19-20(22(27)21(19)26)25-17-9-10-18-15(13-17)11-12-23-18/h5-10,12-13,24-25H,2-4,11H2,1H3. The first-order valence-electron chi connectivity index (χ1n) is 9.27. The first kappa shape index (κ1) is 17.2. The number of aliphatic imine (C=N–C) groups is 1. The lowest BCUT2D eigenvalue weighted by Crippen LogP contribution is -2.35. The molecule has 5 heteroatoms. The third-order valence-corrected chi connectivity index (χ3v) is 4.84. The molecular formula is C22H21N3O2. The molecule has 0 aliphatic carbocycles. The number of aryl methyl sites for hydroxylation is 1. The van der Waals surface area contributed by atoms with Crippen molar-refractivity contribution < 1.29 is 0 Å². The number of nitrogens with one attached hydrogen (secondary N) is 2. The summed E-state index contributed by atoms with van der Waals surface area (Å²) < 4.78 is 0. The fraction of sp³-hybridized carbons (Fsp3) is 0.227. The minimum atomic E-state index is -0.492. The Morgan fingerprint density at radius 3 is 2.30 bits per heavy atom. The van der Waals surface area contributed by atoms with Crippen LogP contribution in [0.15, 0.2) is 57.0 Å². The van der Waals surface area contributed by atoms with Gasteiger partial charge in [-0.2, -0.15) is 0 Å². The Hall–Kier alpha value is -3.21. The zero-order valence-corrected chi connectivity index (χ0v) is 15.2. The maximum atomic E-state index is 12.0. The molecule has 0 amide bonds. The maximum Gasteiger partial charge on any atom is 0.253 e. The van der Waals surface area contributed by atoms with Crippen LogP contribution in [0.25, 0.3) is 0 Å². The predicted molar refractivity (Wildman–Crippen MR) is 111 cm³/mol. The summed E-state index contributed by atoms with van der Waals surface area (Å²) in [7, 11) is 0. The SMILES string of the molecule is CCCCc1ccc(Nc2c(Nc3ccc4c(c3)CC=N4)c(=O)c2=O)cc1. The van der Waals surface area contributed by atoms with Gasteiger partial charge in [0, 0.05) is 24.0 Å². The van der Waals surface area contributed by atoms with Gasteiger partial charge in [0.25, 0.3) is 10.9 Å². The minimum Gasteiger partial charge on any atom is -0.350 e. The van der Waals surface area contributed by atoms with Crippen molar-refractivity contribution in [2.45, 2.75) is 32.6 Å². The van der Waals surface area contributed by atoms with Gasteiger partial charge < -0.3 is 10.6 Å². The van der Waals surface area contributed by atoms with E-state index in [-0.39, 0.29) is 0 Å². The molecule has 0 bridgehead atoms. The fourth-order valence-electron chi connectivity index (χ4n) is 3.25. The van der Waals surface area contributed by atoms with Gasteiger partial charge in [-0.1, -0.05) is 25.5 Å². The molecule has 27 heavy (non-hydrogen) atoms. The highest BCUT2D eigenvalue weighted by Crippen LogP contribution is 2.30. The summed E-state index contributed by atoms with van der Waals surface area (Å²) in [4.78, 5) is 28.3. The molecule has 136 valence electrons. The lowest BCUT2D eigenvalue weighted by atomic mass is 10.1. The van der Waals surface area contributed by atoms with E-state index in [0.29, 0.717) is 11.4 Å². The van der Waals surface area contributed by atoms with Crippen LogP contribution in [0.4, 0.5) is 28.4 Å². The van der Waals surface area contributed by atoms with E-state index in [0.717, 1.165) is 48.3 Å². The third-order valence-electron chi connectivity index (χ3n) is 4.84. The molecule has 1 heterocycles. The Morgan fingerprint density at radius 1 is 0.926 bits per heavy atom. The van der Waals surface area contributed by atoms with Crippen LogP contribution in [0.2, 0.25) is 0 Å². The van der Waals surface area contributed by atoms with Crippen molar-refractivity contribution in [3.05, 3.63) is 74.0 Å². The van der Waals surface area contributed by atoms with E-state index in [9.17, 15) is 9.59 Å². The first-order valence-corrected chi connectivity index (χ1v) is 9.27. The van der Waals surface area contributed by atoms with Crippen molar-refractivity contribution in [2.75, 3.05) is 10.6 Å². The highest BCUT2D eigenvalue weighted by Gasteiger charge is 2.21. The number of rotatable bonds is 7. The van der Waals surface area contributed by atoms with Crippen LogP contribution in [-0.2, 0) is 12.8 Å². The molecule has 5 nitrogen and oxygen atoms in total. The number of hydrogen-bond donors (Lipinski definition) is 2. The third kappa shape index (κ3) is 3.40. The number of nitrogens with zero attached hydrogens (tertiary/aromatic N) is 1. The van der Waals surface area contributed by atoms with E-state index in [1.807, 2.05) is 36.5 Å². The van der Waals surface area contributed by atoms with Gasteiger partial charge in [0.1, 0.15) is 11.4 Å². The van der Waals surface area contributed by atoms with E-state index in [2.05, 4.69) is 34.7 Å². The van der Waals surface area contributed by atoms with Crippen molar-refractivity contribution in [3.63, 3.8) is 0 Å². The maximum absolute atomic E-state index is 12.0. The molecule has 0 atom stereocenters. The summed E-state index contributed by atoms with van der Waals surface area (Å²) in [5, 5.41) is 6.18. The zero-order chi connectivity index (χ0) is 18.8. The van der Waals surface area contributed by atoms with Gasteiger partial charge in [-0.3, -0.25) is 14.6 Å². The van der Waals surface area contributed by atoms with Crippen LogP contribution in [0.1, 0.15) is 30.9 Å². The van der Waals surface area contributed by atoms with Crippen LogP contribution in [0, 0.1) is 0 Å². The molecule has 0 radical (unpaired) electrons. The normalized spacial score (nSPS) is 12.3. The van der Waals surface area contributed by atoms with Gasteiger partial charge in [0.2, 0.25) is 0 Å². The summed E-state index contributed by atoms with van der Waals surface area (Å²) in [6.07, 6.45) is 6.01. The smallest absolute Gasteiger partial charge is 0.253 e. The Balaban J connectivity index is 1.51. The minimum absolute atomic E-state index is 0.314. The van der Waals surface area contributed by atoms with Gasteiger partial charge in [-0.15, -0.1) is 0 Å². The van der Waals surface area contributed by atoms with Gasteiger partial charge in [0.05, 0.1) is 5.69 Å². The van der Waals surface area contributed by atoms with Crippen LogP contribution >= 0.6 is 0 Å². The van der Waals surface area contributed by atoms with Crippen LogP contribution < -0.4 is 21.5 Å². The van der Waals surface area contributed by atoms with Crippen molar-refractivity contribution in [1.82, 2.24) is 0 Å². The number of fused-ring (bicyclic) bond motifs is 1. The molecule has 1 aliphatic rings. The number of benzene rings is 2. The summed E-state index contributed by atoms with van der Waals surface area (Å²) in [5.74, 6) is 0. The largest absolute Gasteiger partial charge is 0.350 e. The summed E-state index contributed by atoms with van der Waals surface area (Å²) in [6.45, 7) is 2.17. The molecule has 0 saturated carbocycles. The van der Waals surface area contributed by atoms with Crippen LogP contribution in [-0.4, -0.2) is 6.21 Å². The molecule has 0 spiro atoms. The number of unbranched alkanes of at least 4 members (excludes halogenated alkanes) is 1. The highest BCUT2D eigenvalue weighted by molar-refractivity contribution is 5.84. The molecule has 3 aromatic carbocycles. The van der Waals surface area contributed by atoms with Crippen molar-refractivity contribution >= 4 is 34.7 Å². The van der Waals surface area contributed by atoms with Gasteiger partial charge in [-0.05, 0) is 54.3 Å². The number of anilines is 4. The van der Waals surface area contributed by atoms with E-state index in [1.54, 1.807) is 0 Å². The first-order chi connectivity index (χ1) is 13.2. The molecule has 2 N–H and O–H groups in total. The number of hydrogen-bond acceptors (Lipinski definition) is 5. The molecule has 3 aromatic rings. The molecule has 0 unspecified atom stereocenters. The second kappa shape index (κ2) is 7.19. The van der Waals surface area contributed by atoms with Crippen molar-refractivity contribution in [2.24, 2.45) is 4.99 Å². The average molecular weight is 359 g/mol. The van der Waals surface area contributed by atoms with E-state index < -0.39 is 10.9 Å². The monoisotopic (exact) mass is 359 g/mol.